The fraction of sp³-hybridized carbons (Fsp3) is 0.667. The molecule has 0 N–H and O–H groups in total. The number of rotatable bonds is 5. The van der Waals surface area contributed by atoms with Crippen molar-refractivity contribution in [1.82, 2.24) is 9.88 Å². The Morgan fingerprint density at radius 3 is 2.70 bits per heavy atom. The molecule has 1 heterocycles. The Morgan fingerprint density at radius 1 is 1.30 bits per heavy atom. The van der Waals surface area contributed by atoms with Crippen LogP contribution in [-0.2, 0) is 6.54 Å². The van der Waals surface area contributed by atoms with Crippen molar-refractivity contribution in [3.8, 4) is 11.5 Å². The third-order valence-corrected chi connectivity index (χ3v) is 5.05. The van der Waals surface area contributed by atoms with Crippen LogP contribution in [0.4, 0.5) is 0 Å². The molecule has 0 aliphatic heterocycles. The van der Waals surface area contributed by atoms with Gasteiger partial charge in [0.2, 0.25) is 0 Å². The molecule has 0 aromatic carbocycles. The van der Waals surface area contributed by atoms with Crippen molar-refractivity contribution < 1.29 is 9.47 Å². The number of halogens is 1. The Kier molecular flexibility index (Phi) is 5.66. The van der Waals surface area contributed by atoms with E-state index in [1.807, 2.05) is 6.07 Å². The van der Waals surface area contributed by atoms with E-state index in [1.165, 1.54) is 25.7 Å². The molecule has 0 bridgehead atoms. The highest BCUT2D eigenvalue weighted by molar-refractivity contribution is 9.09. The monoisotopic (exact) mass is 342 g/mol. The molecule has 0 amide bonds. The third-order valence-electron chi connectivity index (χ3n) is 3.98. The van der Waals surface area contributed by atoms with Gasteiger partial charge in [0.25, 0.3) is 0 Å². The number of nitrogens with zero attached hydrogens (tertiary/aromatic N) is 2. The van der Waals surface area contributed by atoms with E-state index < -0.39 is 0 Å². The fourth-order valence-corrected chi connectivity index (χ4v) is 3.87. The Morgan fingerprint density at radius 2 is 2.05 bits per heavy atom. The zero-order valence-corrected chi connectivity index (χ0v) is 14.0. The molecule has 1 aromatic rings. The molecule has 2 rings (SSSR count). The molecule has 5 heteroatoms. The molecule has 112 valence electrons. The van der Waals surface area contributed by atoms with Crippen molar-refractivity contribution in [3.63, 3.8) is 0 Å². The molecular formula is C15H23BrN2O2. The summed E-state index contributed by atoms with van der Waals surface area (Å²) < 4.78 is 10.8. The second-order valence-electron chi connectivity index (χ2n) is 5.28. The predicted octanol–water partition coefficient (Wildman–Crippen LogP) is 3.24. The Balaban J connectivity index is 2.12. The van der Waals surface area contributed by atoms with Crippen LogP contribution in [0, 0.1) is 0 Å². The summed E-state index contributed by atoms with van der Waals surface area (Å²) in [4.78, 5) is 7.39. The first-order valence-electron chi connectivity index (χ1n) is 7.07. The van der Waals surface area contributed by atoms with Crippen LogP contribution < -0.4 is 9.47 Å². The van der Waals surface area contributed by atoms with Gasteiger partial charge < -0.3 is 9.47 Å². The summed E-state index contributed by atoms with van der Waals surface area (Å²) in [7, 11) is 5.47. The van der Waals surface area contributed by atoms with Gasteiger partial charge in [-0.25, -0.2) is 0 Å². The standard InChI is InChI=1S/C15H23BrN2O2/c1-18(13-7-5-4-6-11(13)16)10-12-15(20-3)14(19-2)8-9-17-12/h8-9,11,13H,4-7,10H2,1-3H3. The maximum atomic E-state index is 5.46. The highest BCUT2D eigenvalue weighted by Gasteiger charge is 2.27. The fourth-order valence-electron chi connectivity index (χ4n) is 2.88. The van der Waals surface area contributed by atoms with Crippen molar-refractivity contribution in [2.45, 2.75) is 43.1 Å². The van der Waals surface area contributed by atoms with Gasteiger partial charge in [-0.05, 0) is 19.9 Å². The van der Waals surface area contributed by atoms with Gasteiger partial charge in [-0.2, -0.15) is 0 Å². The van der Waals surface area contributed by atoms with Crippen LogP contribution in [-0.4, -0.2) is 42.0 Å². The topological polar surface area (TPSA) is 34.6 Å². The van der Waals surface area contributed by atoms with E-state index in [4.69, 9.17) is 9.47 Å². The SMILES string of the molecule is COc1ccnc(CN(C)C2CCCCC2Br)c1OC. The molecule has 1 aliphatic rings. The average molecular weight is 343 g/mol. The van der Waals surface area contributed by atoms with Crippen molar-refractivity contribution in [3.05, 3.63) is 18.0 Å². The summed E-state index contributed by atoms with van der Waals surface area (Å²) in [5.41, 5.74) is 0.930. The summed E-state index contributed by atoms with van der Waals surface area (Å²) in [6, 6.07) is 2.39. The van der Waals surface area contributed by atoms with Crippen LogP contribution in [0.5, 0.6) is 11.5 Å². The van der Waals surface area contributed by atoms with Crippen molar-refractivity contribution in [1.29, 1.82) is 0 Å². The van der Waals surface area contributed by atoms with E-state index >= 15 is 0 Å². The first-order valence-corrected chi connectivity index (χ1v) is 7.99. The van der Waals surface area contributed by atoms with Gasteiger partial charge >= 0.3 is 0 Å². The van der Waals surface area contributed by atoms with Crippen LogP contribution in [0.3, 0.4) is 0 Å². The van der Waals surface area contributed by atoms with Gasteiger partial charge in [0.1, 0.15) is 5.69 Å². The number of ether oxygens (including phenoxy) is 2. The molecule has 2 unspecified atom stereocenters. The number of methoxy groups -OCH3 is 2. The molecule has 1 saturated carbocycles. The molecule has 1 aliphatic carbocycles. The molecule has 0 saturated heterocycles. The van der Waals surface area contributed by atoms with E-state index in [-0.39, 0.29) is 0 Å². The lowest BCUT2D eigenvalue weighted by Crippen LogP contribution is -2.40. The normalized spacial score (nSPS) is 22.9. The Hall–Kier alpha value is -0.810. The minimum absolute atomic E-state index is 0.557. The van der Waals surface area contributed by atoms with E-state index in [9.17, 15) is 0 Å². The second-order valence-corrected chi connectivity index (χ2v) is 6.45. The smallest absolute Gasteiger partial charge is 0.183 e. The molecule has 20 heavy (non-hydrogen) atoms. The predicted molar refractivity (Wildman–Crippen MR) is 83.8 cm³/mol. The number of alkyl halides is 1. The molecule has 1 fully saturated rings. The number of hydrogen-bond acceptors (Lipinski definition) is 4. The van der Waals surface area contributed by atoms with E-state index in [0.717, 1.165) is 23.7 Å². The molecule has 0 spiro atoms. The minimum Gasteiger partial charge on any atom is -0.493 e. The maximum absolute atomic E-state index is 5.46. The first kappa shape index (κ1) is 15.6. The first-order chi connectivity index (χ1) is 9.67. The highest BCUT2D eigenvalue weighted by atomic mass is 79.9. The lowest BCUT2D eigenvalue weighted by Gasteiger charge is -2.35. The summed E-state index contributed by atoms with van der Waals surface area (Å²) >= 11 is 3.81. The maximum Gasteiger partial charge on any atom is 0.183 e. The average Bonchev–Trinajstić information content (AvgIpc) is 2.47. The zero-order chi connectivity index (χ0) is 14.5. The summed E-state index contributed by atoms with van der Waals surface area (Å²) in [6.45, 7) is 0.771. The van der Waals surface area contributed by atoms with Crippen LogP contribution in [0.2, 0.25) is 0 Å². The summed E-state index contributed by atoms with van der Waals surface area (Å²) in [5.74, 6) is 1.48. The van der Waals surface area contributed by atoms with Gasteiger partial charge in [0, 0.05) is 29.7 Å². The van der Waals surface area contributed by atoms with Crippen molar-refractivity contribution in [2.75, 3.05) is 21.3 Å². The molecule has 2 atom stereocenters. The van der Waals surface area contributed by atoms with Crippen molar-refractivity contribution in [2.24, 2.45) is 0 Å². The third kappa shape index (κ3) is 3.44. The summed E-state index contributed by atoms with van der Waals surface area (Å²) in [6.07, 6.45) is 6.88. The Labute approximate surface area is 129 Å². The van der Waals surface area contributed by atoms with E-state index in [0.29, 0.717) is 10.9 Å². The van der Waals surface area contributed by atoms with Gasteiger partial charge in [-0.3, -0.25) is 9.88 Å². The second kappa shape index (κ2) is 7.27. The molecule has 0 radical (unpaired) electrons. The largest absolute Gasteiger partial charge is 0.493 e. The van der Waals surface area contributed by atoms with Crippen LogP contribution in [0.15, 0.2) is 12.3 Å². The lowest BCUT2D eigenvalue weighted by molar-refractivity contribution is 0.188. The molecule has 4 nitrogen and oxygen atoms in total. The number of pyridine rings is 1. The molecular weight excluding hydrogens is 320 g/mol. The van der Waals surface area contributed by atoms with Crippen molar-refractivity contribution >= 4 is 15.9 Å². The number of aromatic nitrogens is 1. The lowest BCUT2D eigenvalue weighted by atomic mass is 9.94. The number of hydrogen-bond donors (Lipinski definition) is 0. The van der Waals surface area contributed by atoms with Gasteiger partial charge in [0.05, 0.1) is 14.2 Å². The van der Waals surface area contributed by atoms with Gasteiger partial charge in [0.15, 0.2) is 11.5 Å². The van der Waals surface area contributed by atoms with Gasteiger partial charge in [-0.1, -0.05) is 28.8 Å². The van der Waals surface area contributed by atoms with Gasteiger partial charge in [-0.15, -0.1) is 0 Å². The Bertz CT molecular complexity index is 442. The van der Waals surface area contributed by atoms with E-state index in [2.05, 4.69) is 32.9 Å². The molecule has 1 aromatic heterocycles. The summed E-state index contributed by atoms with van der Waals surface area (Å²) in [5, 5.41) is 0. The van der Waals surface area contributed by atoms with Crippen LogP contribution >= 0.6 is 15.9 Å². The minimum atomic E-state index is 0.557. The van der Waals surface area contributed by atoms with E-state index in [1.54, 1.807) is 20.4 Å². The quantitative estimate of drug-likeness (QED) is 0.769. The zero-order valence-electron chi connectivity index (χ0n) is 12.4. The van der Waals surface area contributed by atoms with Crippen LogP contribution in [0.25, 0.3) is 0 Å². The highest BCUT2D eigenvalue weighted by Crippen LogP contribution is 2.32. The van der Waals surface area contributed by atoms with Crippen LogP contribution in [0.1, 0.15) is 31.4 Å².